The molecule has 4 heterocycles. The first-order chi connectivity index (χ1) is 28.3. The van der Waals surface area contributed by atoms with Crippen LogP contribution in [-0.4, -0.2) is 24.1 Å². The predicted molar refractivity (Wildman–Crippen MR) is 232 cm³/mol. The van der Waals surface area contributed by atoms with Gasteiger partial charge >= 0.3 is 0 Å². The van der Waals surface area contributed by atoms with Gasteiger partial charge in [-0.3, -0.25) is 0 Å². The summed E-state index contributed by atoms with van der Waals surface area (Å²) in [6.45, 7) is 0. The number of para-hydroxylation sites is 3. The standard InChI is InChI=1S/C51H31N5O/c1-4-14-32(15-5-1)49-52-50(33-16-6-2-7-17-33)54-51(53-49)34-24-26-36(27-25-34)55-43-22-12-10-20-37(43)39-28-29-40-41-31-46-42(38-21-11-13-23-45(38)57-46)30-44(41)56(48(40)47(39)55)35-18-8-3-9-19-35/h1-31H. The van der Waals surface area contributed by atoms with Gasteiger partial charge in [0.05, 0.1) is 22.1 Å². The molecule has 8 aromatic carbocycles. The smallest absolute Gasteiger partial charge is 0.164 e. The van der Waals surface area contributed by atoms with Crippen molar-refractivity contribution in [3.63, 3.8) is 0 Å². The second-order valence-electron chi connectivity index (χ2n) is 14.4. The van der Waals surface area contributed by atoms with Gasteiger partial charge in [-0.05, 0) is 60.7 Å². The van der Waals surface area contributed by atoms with Crippen molar-refractivity contribution in [2.45, 2.75) is 0 Å². The molecule has 0 saturated carbocycles. The van der Waals surface area contributed by atoms with Crippen LogP contribution in [0.25, 0.3) is 111 Å². The SMILES string of the molecule is c1ccc(-c2nc(-c3ccccc3)nc(-c3ccc(-n4c5ccccc5c5ccc6c7cc8oc9ccccc9c8cc7n(-c7ccccc7)c6c54)cc3)n2)cc1. The summed E-state index contributed by atoms with van der Waals surface area (Å²) < 4.78 is 11.3. The molecule has 12 aromatic rings. The van der Waals surface area contributed by atoms with Gasteiger partial charge in [0.15, 0.2) is 17.5 Å². The minimum Gasteiger partial charge on any atom is -0.456 e. The van der Waals surface area contributed by atoms with Gasteiger partial charge in [-0.25, -0.2) is 15.0 Å². The highest BCUT2D eigenvalue weighted by atomic mass is 16.3. The highest BCUT2D eigenvalue weighted by molar-refractivity contribution is 6.25. The van der Waals surface area contributed by atoms with Crippen LogP contribution in [-0.2, 0) is 0 Å². The van der Waals surface area contributed by atoms with E-state index in [1.807, 2.05) is 72.8 Å². The van der Waals surface area contributed by atoms with Crippen LogP contribution in [0, 0.1) is 0 Å². The van der Waals surface area contributed by atoms with Crippen molar-refractivity contribution >= 4 is 65.6 Å². The molecule has 0 aliphatic heterocycles. The predicted octanol–water partition coefficient (Wildman–Crippen LogP) is 13.0. The van der Waals surface area contributed by atoms with E-state index in [4.69, 9.17) is 19.4 Å². The van der Waals surface area contributed by atoms with Crippen LogP contribution in [0.1, 0.15) is 0 Å². The second-order valence-corrected chi connectivity index (χ2v) is 14.4. The van der Waals surface area contributed by atoms with Crippen LogP contribution in [0.5, 0.6) is 0 Å². The number of benzene rings is 8. The van der Waals surface area contributed by atoms with Crippen molar-refractivity contribution in [3.8, 4) is 45.5 Å². The Balaban J connectivity index is 1.11. The summed E-state index contributed by atoms with van der Waals surface area (Å²) in [5.41, 5.74) is 11.3. The maximum Gasteiger partial charge on any atom is 0.164 e. The van der Waals surface area contributed by atoms with Gasteiger partial charge in [-0.1, -0.05) is 127 Å². The largest absolute Gasteiger partial charge is 0.456 e. The number of nitrogens with zero attached hydrogens (tertiary/aromatic N) is 5. The quantitative estimate of drug-likeness (QED) is 0.177. The first kappa shape index (κ1) is 31.5. The third-order valence-electron chi connectivity index (χ3n) is 11.2. The number of aromatic nitrogens is 5. The van der Waals surface area contributed by atoms with Crippen LogP contribution >= 0.6 is 0 Å². The normalized spacial score (nSPS) is 11.9. The van der Waals surface area contributed by atoms with Crippen LogP contribution in [0.4, 0.5) is 0 Å². The van der Waals surface area contributed by atoms with E-state index < -0.39 is 0 Å². The van der Waals surface area contributed by atoms with Gasteiger partial charge in [0, 0.05) is 60.4 Å². The molecular weight excluding hydrogens is 699 g/mol. The zero-order chi connectivity index (χ0) is 37.5. The topological polar surface area (TPSA) is 61.7 Å². The molecule has 0 N–H and O–H groups in total. The zero-order valence-electron chi connectivity index (χ0n) is 30.5. The highest BCUT2D eigenvalue weighted by Crippen LogP contribution is 2.44. The number of fused-ring (bicyclic) bond motifs is 10. The van der Waals surface area contributed by atoms with Crippen molar-refractivity contribution in [2.75, 3.05) is 0 Å². The Hall–Kier alpha value is -7.83. The molecule has 4 aromatic heterocycles. The van der Waals surface area contributed by atoms with E-state index in [0.717, 1.165) is 82.8 Å². The van der Waals surface area contributed by atoms with Gasteiger partial charge in [0.2, 0.25) is 0 Å². The van der Waals surface area contributed by atoms with E-state index in [9.17, 15) is 0 Å². The van der Waals surface area contributed by atoms with Gasteiger partial charge < -0.3 is 13.6 Å². The lowest BCUT2D eigenvalue weighted by Gasteiger charge is -2.13. The third-order valence-corrected chi connectivity index (χ3v) is 11.2. The maximum atomic E-state index is 6.44. The molecule has 266 valence electrons. The molecule has 0 atom stereocenters. The van der Waals surface area contributed by atoms with Crippen molar-refractivity contribution in [3.05, 3.63) is 188 Å². The molecule has 0 unspecified atom stereocenters. The average Bonchev–Trinajstić information content (AvgIpc) is 3.93. The summed E-state index contributed by atoms with van der Waals surface area (Å²) in [6.07, 6.45) is 0. The van der Waals surface area contributed by atoms with Crippen LogP contribution in [0.2, 0.25) is 0 Å². The van der Waals surface area contributed by atoms with Crippen molar-refractivity contribution in [2.24, 2.45) is 0 Å². The summed E-state index contributed by atoms with van der Waals surface area (Å²) >= 11 is 0. The zero-order valence-corrected chi connectivity index (χ0v) is 30.5. The molecule has 0 saturated heterocycles. The van der Waals surface area contributed by atoms with Crippen molar-refractivity contribution < 1.29 is 4.42 Å². The highest BCUT2D eigenvalue weighted by Gasteiger charge is 2.23. The molecule has 0 aliphatic rings. The summed E-state index contributed by atoms with van der Waals surface area (Å²) in [5, 5.41) is 6.91. The van der Waals surface area contributed by atoms with E-state index in [0.29, 0.717) is 17.5 Å². The molecule has 6 nitrogen and oxygen atoms in total. The molecular formula is C51H31N5O. The summed E-state index contributed by atoms with van der Waals surface area (Å²) in [5.74, 6) is 1.91. The Bertz CT molecular complexity index is 3430. The van der Waals surface area contributed by atoms with E-state index >= 15 is 0 Å². The summed E-state index contributed by atoms with van der Waals surface area (Å²) in [7, 11) is 0. The van der Waals surface area contributed by atoms with Gasteiger partial charge in [0.25, 0.3) is 0 Å². The molecule has 12 rings (SSSR count). The molecule has 0 fully saturated rings. The lowest BCUT2D eigenvalue weighted by molar-refractivity contribution is 0.669. The first-order valence-corrected chi connectivity index (χ1v) is 19.1. The molecule has 0 aliphatic carbocycles. The molecule has 0 amide bonds. The first-order valence-electron chi connectivity index (χ1n) is 19.1. The van der Waals surface area contributed by atoms with E-state index in [1.165, 1.54) is 10.8 Å². The minimum absolute atomic E-state index is 0.625. The number of furan rings is 1. The summed E-state index contributed by atoms with van der Waals surface area (Å²) in [6, 6.07) is 65.6. The van der Waals surface area contributed by atoms with Gasteiger partial charge in [-0.2, -0.15) is 0 Å². The van der Waals surface area contributed by atoms with Crippen molar-refractivity contribution in [1.29, 1.82) is 0 Å². The Morgan fingerprint density at radius 1 is 0.316 bits per heavy atom. The van der Waals surface area contributed by atoms with Crippen LogP contribution in [0.15, 0.2) is 192 Å². The van der Waals surface area contributed by atoms with Gasteiger partial charge in [0.1, 0.15) is 11.2 Å². The lowest BCUT2D eigenvalue weighted by Crippen LogP contribution is -2.01. The molecule has 0 bridgehead atoms. The molecule has 57 heavy (non-hydrogen) atoms. The molecule has 0 radical (unpaired) electrons. The Morgan fingerprint density at radius 3 is 1.46 bits per heavy atom. The fourth-order valence-electron chi connectivity index (χ4n) is 8.58. The van der Waals surface area contributed by atoms with E-state index in [1.54, 1.807) is 0 Å². The number of hydrogen-bond acceptors (Lipinski definition) is 4. The number of rotatable bonds is 5. The molecule has 6 heteroatoms. The fraction of sp³-hybridized carbons (Fsp3) is 0. The fourth-order valence-corrected chi connectivity index (χ4v) is 8.58. The van der Waals surface area contributed by atoms with Crippen LogP contribution in [0.3, 0.4) is 0 Å². The lowest BCUT2D eigenvalue weighted by atomic mass is 10.1. The monoisotopic (exact) mass is 729 g/mol. The maximum absolute atomic E-state index is 6.44. The van der Waals surface area contributed by atoms with E-state index in [-0.39, 0.29) is 0 Å². The average molecular weight is 730 g/mol. The van der Waals surface area contributed by atoms with Crippen LogP contribution < -0.4 is 0 Å². The molecule has 0 spiro atoms. The Morgan fingerprint density at radius 2 is 0.807 bits per heavy atom. The third kappa shape index (κ3) is 4.87. The Labute approximate surface area is 326 Å². The van der Waals surface area contributed by atoms with Crippen molar-refractivity contribution in [1.82, 2.24) is 24.1 Å². The second kappa shape index (κ2) is 12.3. The Kier molecular flexibility index (Phi) is 6.83. The number of hydrogen-bond donors (Lipinski definition) is 0. The van der Waals surface area contributed by atoms with E-state index in [2.05, 4.69) is 124 Å². The minimum atomic E-state index is 0.625. The van der Waals surface area contributed by atoms with Gasteiger partial charge in [-0.15, -0.1) is 0 Å². The summed E-state index contributed by atoms with van der Waals surface area (Å²) in [4.78, 5) is 14.9.